The van der Waals surface area contributed by atoms with E-state index in [4.69, 9.17) is 9.90 Å². The highest BCUT2D eigenvalue weighted by molar-refractivity contribution is 7.09. The molecule has 0 unspecified atom stereocenters. The van der Waals surface area contributed by atoms with Crippen molar-refractivity contribution in [1.29, 1.82) is 0 Å². The van der Waals surface area contributed by atoms with Crippen molar-refractivity contribution in [1.82, 2.24) is 10.2 Å². The molecule has 9 heteroatoms. The van der Waals surface area contributed by atoms with Gasteiger partial charge in [-0.15, -0.1) is 11.3 Å². The second kappa shape index (κ2) is 7.52. The van der Waals surface area contributed by atoms with Crippen LogP contribution in [-0.4, -0.2) is 47.7 Å². The van der Waals surface area contributed by atoms with E-state index in [0.717, 1.165) is 45.4 Å². The Labute approximate surface area is 141 Å². The summed E-state index contributed by atoms with van der Waals surface area (Å²) in [6, 6.07) is 4.30. The van der Waals surface area contributed by atoms with Crippen LogP contribution < -0.4 is 5.32 Å². The summed E-state index contributed by atoms with van der Waals surface area (Å²) in [5.41, 5.74) is -0.0219. The fraction of sp³-hybridized carbons (Fsp3) is 0.600. The molecule has 0 aromatic carbocycles. The molecular formula is C15H19F3N2O3S. The SMILES string of the molecule is O=C(O)C(F)(F)F.O=C1NCCC12CCN(Cc1cccs1)CC2. The molecule has 2 fully saturated rings. The fourth-order valence-corrected chi connectivity index (χ4v) is 3.70. The number of nitrogens with one attached hydrogen (secondary N) is 1. The summed E-state index contributed by atoms with van der Waals surface area (Å²) < 4.78 is 31.7. The number of alkyl halides is 3. The molecule has 0 saturated carbocycles. The number of rotatable bonds is 2. The molecular weight excluding hydrogens is 345 g/mol. The highest BCUT2D eigenvalue weighted by Crippen LogP contribution is 2.38. The van der Waals surface area contributed by atoms with Gasteiger partial charge in [0, 0.05) is 18.0 Å². The number of piperidine rings is 1. The highest BCUT2D eigenvalue weighted by Gasteiger charge is 2.44. The Hall–Kier alpha value is -1.61. The van der Waals surface area contributed by atoms with Gasteiger partial charge < -0.3 is 10.4 Å². The summed E-state index contributed by atoms with van der Waals surface area (Å²) in [5, 5.41) is 12.2. The Morgan fingerprint density at radius 3 is 2.38 bits per heavy atom. The summed E-state index contributed by atoms with van der Waals surface area (Å²) in [5.74, 6) is -2.46. The zero-order valence-electron chi connectivity index (χ0n) is 12.9. The van der Waals surface area contributed by atoms with Crippen molar-refractivity contribution in [2.45, 2.75) is 32.0 Å². The molecule has 134 valence electrons. The van der Waals surface area contributed by atoms with Gasteiger partial charge in [-0.1, -0.05) is 6.07 Å². The first-order valence-electron chi connectivity index (χ1n) is 7.56. The van der Waals surface area contributed by atoms with E-state index in [1.54, 1.807) is 0 Å². The zero-order valence-corrected chi connectivity index (χ0v) is 13.8. The van der Waals surface area contributed by atoms with E-state index in [-0.39, 0.29) is 5.41 Å². The summed E-state index contributed by atoms with van der Waals surface area (Å²) in [6.45, 7) is 4.05. The van der Waals surface area contributed by atoms with Crippen molar-refractivity contribution in [2.24, 2.45) is 5.41 Å². The number of carboxylic acids is 1. The van der Waals surface area contributed by atoms with Crippen LogP contribution in [0.25, 0.3) is 0 Å². The molecule has 1 amide bonds. The normalized spacial score (nSPS) is 20.4. The van der Waals surface area contributed by atoms with Crippen molar-refractivity contribution in [2.75, 3.05) is 19.6 Å². The third kappa shape index (κ3) is 4.70. The Morgan fingerprint density at radius 2 is 1.96 bits per heavy atom. The summed E-state index contributed by atoms with van der Waals surface area (Å²) in [4.78, 5) is 24.6. The number of carbonyl (C=O) groups is 2. The van der Waals surface area contributed by atoms with Crippen molar-refractivity contribution in [3.8, 4) is 0 Å². The van der Waals surface area contributed by atoms with Gasteiger partial charge in [0.1, 0.15) is 0 Å². The second-order valence-corrected chi connectivity index (χ2v) is 6.98. The third-order valence-corrected chi connectivity index (χ3v) is 5.25. The minimum Gasteiger partial charge on any atom is -0.475 e. The van der Waals surface area contributed by atoms with Crippen LogP contribution >= 0.6 is 11.3 Å². The standard InChI is InChI=1S/C13H18N2OS.C2HF3O2/c16-12-13(3-6-14-12)4-7-15(8-5-13)10-11-2-1-9-17-11;3-2(4,5)1(6)7/h1-2,9H,3-8,10H2,(H,14,16);(H,6,7). The highest BCUT2D eigenvalue weighted by atomic mass is 32.1. The Kier molecular flexibility index (Phi) is 5.87. The number of likely N-dealkylation sites (tertiary alicyclic amines) is 1. The van der Waals surface area contributed by atoms with Crippen LogP contribution in [0.3, 0.4) is 0 Å². The lowest BCUT2D eigenvalue weighted by Gasteiger charge is -2.37. The van der Waals surface area contributed by atoms with Gasteiger partial charge in [-0.3, -0.25) is 9.69 Å². The average molecular weight is 364 g/mol. The van der Waals surface area contributed by atoms with Gasteiger partial charge in [0.05, 0.1) is 5.41 Å². The van der Waals surface area contributed by atoms with E-state index in [1.807, 2.05) is 11.3 Å². The van der Waals surface area contributed by atoms with Crippen molar-refractivity contribution < 1.29 is 27.9 Å². The maximum absolute atomic E-state index is 11.8. The number of nitrogens with zero attached hydrogens (tertiary/aromatic N) is 1. The lowest BCUT2D eigenvalue weighted by molar-refractivity contribution is -0.192. The minimum atomic E-state index is -5.08. The molecule has 2 saturated heterocycles. The molecule has 24 heavy (non-hydrogen) atoms. The van der Waals surface area contributed by atoms with Gasteiger partial charge in [-0.25, -0.2) is 4.79 Å². The first kappa shape index (κ1) is 18.7. The van der Waals surface area contributed by atoms with Gasteiger partial charge in [0.2, 0.25) is 5.91 Å². The van der Waals surface area contributed by atoms with E-state index < -0.39 is 12.1 Å². The molecule has 2 N–H and O–H groups in total. The Balaban J connectivity index is 0.000000256. The van der Waals surface area contributed by atoms with Crippen LogP contribution in [0.5, 0.6) is 0 Å². The maximum Gasteiger partial charge on any atom is 0.490 e. The monoisotopic (exact) mass is 364 g/mol. The summed E-state index contributed by atoms with van der Waals surface area (Å²) in [6.07, 6.45) is -1.98. The topological polar surface area (TPSA) is 69.6 Å². The lowest BCUT2D eigenvalue weighted by atomic mass is 9.77. The van der Waals surface area contributed by atoms with Crippen LogP contribution in [0.1, 0.15) is 24.1 Å². The van der Waals surface area contributed by atoms with Gasteiger partial charge in [0.15, 0.2) is 0 Å². The molecule has 0 radical (unpaired) electrons. The number of hydrogen-bond donors (Lipinski definition) is 2. The molecule has 3 heterocycles. The van der Waals surface area contributed by atoms with Gasteiger partial charge in [0.25, 0.3) is 0 Å². The van der Waals surface area contributed by atoms with E-state index in [1.165, 1.54) is 4.88 Å². The molecule has 0 atom stereocenters. The molecule has 1 spiro atoms. The Morgan fingerprint density at radius 1 is 1.33 bits per heavy atom. The average Bonchev–Trinajstić information content (AvgIpc) is 3.13. The van der Waals surface area contributed by atoms with E-state index in [9.17, 15) is 18.0 Å². The molecule has 2 aliphatic rings. The zero-order chi connectivity index (χ0) is 17.8. The molecule has 2 aliphatic heterocycles. The van der Waals surface area contributed by atoms with Crippen molar-refractivity contribution in [3.63, 3.8) is 0 Å². The smallest absolute Gasteiger partial charge is 0.475 e. The van der Waals surface area contributed by atoms with Crippen LogP contribution in [0, 0.1) is 5.41 Å². The minimum absolute atomic E-state index is 0.0219. The predicted octanol–water partition coefficient (Wildman–Crippen LogP) is 2.48. The van der Waals surface area contributed by atoms with Crippen molar-refractivity contribution in [3.05, 3.63) is 22.4 Å². The lowest BCUT2D eigenvalue weighted by Crippen LogP contribution is -2.43. The van der Waals surface area contributed by atoms with Crippen LogP contribution in [-0.2, 0) is 16.1 Å². The fourth-order valence-electron chi connectivity index (χ4n) is 2.96. The second-order valence-electron chi connectivity index (χ2n) is 5.94. The van der Waals surface area contributed by atoms with Gasteiger partial charge in [-0.05, 0) is 43.8 Å². The Bertz CT molecular complexity index is 567. The maximum atomic E-state index is 11.8. The molecule has 5 nitrogen and oxygen atoms in total. The number of thiophene rings is 1. The number of amides is 1. The number of carbonyl (C=O) groups excluding carboxylic acids is 1. The third-order valence-electron chi connectivity index (χ3n) is 4.39. The number of carboxylic acid groups (broad SMARTS) is 1. The summed E-state index contributed by atoms with van der Waals surface area (Å²) >= 11 is 1.82. The van der Waals surface area contributed by atoms with E-state index in [0.29, 0.717) is 5.91 Å². The van der Waals surface area contributed by atoms with E-state index >= 15 is 0 Å². The molecule has 0 aliphatic carbocycles. The number of hydrogen-bond acceptors (Lipinski definition) is 4. The summed E-state index contributed by atoms with van der Waals surface area (Å²) in [7, 11) is 0. The molecule has 1 aromatic heterocycles. The van der Waals surface area contributed by atoms with Crippen LogP contribution in [0.4, 0.5) is 13.2 Å². The largest absolute Gasteiger partial charge is 0.490 e. The van der Waals surface area contributed by atoms with Crippen molar-refractivity contribution >= 4 is 23.2 Å². The molecule has 1 aromatic rings. The predicted molar refractivity (Wildman–Crippen MR) is 82.6 cm³/mol. The quantitative estimate of drug-likeness (QED) is 0.846. The van der Waals surface area contributed by atoms with E-state index in [2.05, 4.69) is 27.7 Å². The first-order chi connectivity index (χ1) is 11.2. The molecule has 0 bridgehead atoms. The molecule has 3 rings (SSSR count). The number of aliphatic carboxylic acids is 1. The van der Waals surface area contributed by atoms with Gasteiger partial charge in [-0.2, -0.15) is 13.2 Å². The van der Waals surface area contributed by atoms with Crippen LogP contribution in [0.15, 0.2) is 17.5 Å². The van der Waals surface area contributed by atoms with Gasteiger partial charge >= 0.3 is 12.1 Å². The first-order valence-corrected chi connectivity index (χ1v) is 8.44. The number of halogens is 3. The van der Waals surface area contributed by atoms with Crippen LogP contribution in [0.2, 0.25) is 0 Å².